The maximum atomic E-state index is 8.52. The predicted molar refractivity (Wildman–Crippen MR) is 22.9 cm³/mol. The molecule has 0 heterocycles. The molecule has 0 aromatic rings. The molecular weight excluding hydrogens is 220 g/mol. The molecule has 0 atom stereocenters. The fourth-order valence-corrected chi connectivity index (χ4v) is 0. The van der Waals surface area contributed by atoms with E-state index in [0.717, 1.165) is 0 Å². The van der Waals surface area contributed by atoms with Crippen LogP contribution in [0.3, 0.4) is 0 Å². The van der Waals surface area contributed by atoms with E-state index in [2.05, 4.69) is 0 Å². The quantitative estimate of drug-likeness (QED) is 0.221. The van der Waals surface area contributed by atoms with E-state index in [1.54, 1.807) is 0 Å². The van der Waals surface area contributed by atoms with Crippen LogP contribution in [-0.4, -0.2) is 39.9 Å². The first-order valence-corrected chi connectivity index (χ1v) is 2.77. The van der Waals surface area contributed by atoms with Gasteiger partial charge in [0, 0.05) is 10.4 Å². The Balaban J connectivity index is -0.0000000910. The Morgan fingerprint density at radius 2 is 1.10 bits per heavy atom. The summed E-state index contributed by atoms with van der Waals surface area (Å²) in [6.07, 6.45) is 0. The van der Waals surface area contributed by atoms with E-state index in [0.29, 0.717) is 0 Å². The molecule has 0 aliphatic carbocycles. The molecule has 0 saturated heterocycles. The minimum absolute atomic E-state index is 0. The average Bonchev–Trinajstić information content (AvgIpc) is 1.19. The third-order valence-electron chi connectivity index (χ3n) is 0. The first-order chi connectivity index (χ1) is 3.73. The third kappa shape index (κ3) is 2430. The number of hydrogen-bond donors (Lipinski definition) is 3. The Morgan fingerprint density at radius 1 is 1.10 bits per heavy atom. The standard InChI is InChI=1S/BH3O3.H2O4S.Zn/c2-1(3)4;1-5(2,3)4;/h2-4H;(H2,1,2,3,4);/q;;+2/p-2. The summed E-state index contributed by atoms with van der Waals surface area (Å²) < 4.78 is 34.1. The second-order valence-corrected chi connectivity index (χ2v) is 1.57. The molecule has 0 aliphatic heterocycles. The van der Waals surface area contributed by atoms with Crippen molar-refractivity contribution in [3.05, 3.63) is 0 Å². The second kappa shape index (κ2) is 7.54. The van der Waals surface area contributed by atoms with Gasteiger partial charge >= 0.3 is 26.8 Å². The molecule has 0 amide bonds. The van der Waals surface area contributed by atoms with Gasteiger partial charge in [0.05, 0.1) is 0 Å². The Labute approximate surface area is 70.2 Å². The molecule has 10 heteroatoms. The van der Waals surface area contributed by atoms with E-state index in [1.165, 1.54) is 0 Å². The monoisotopic (exact) mass is 222 g/mol. The van der Waals surface area contributed by atoms with Crippen LogP contribution in [0.2, 0.25) is 0 Å². The van der Waals surface area contributed by atoms with E-state index in [1.807, 2.05) is 0 Å². The van der Waals surface area contributed by atoms with Crippen molar-refractivity contribution in [3.63, 3.8) is 0 Å². The topological polar surface area (TPSA) is 141 Å². The van der Waals surface area contributed by atoms with Gasteiger partial charge < -0.3 is 24.2 Å². The van der Waals surface area contributed by atoms with Crippen LogP contribution in [0.5, 0.6) is 0 Å². The molecule has 0 aliphatic rings. The average molecular weight is 223 g/mol. The van der Waals surface area contributed by atoms with E-state index in [9.17, 15) is 0 Å². The minimum Gasteiger partial charge on any atom is -0.759 e. The summed E-state index contributed by atoms with van der Waals surface area (Å²) in [4.78, 5) is 0. The van der Waals surface area contributed by atoms with E-state index in [-0.39, 0.29) is 19.5 Å². The Kier molecular flexibility index (Phi) is 12.7. The fraction of sp³-hybridized carbons (Fsp3) is 0. The summed E-state index contributed by atoms with van der Waals surface area (Å²) in [6.45, 7) is 0. The molecular formula is H3BO7SZn. The summed E-state index contributed by atoms with van der Waals surface area (Å²) in [6, 6.07) is 0. The van der Waals surface area contributed by atoms with Gasteiger partial charge in [-0.25, -0.2) is 0 Å². The molecule has 0 spiro atoms. The van der Waals surface area contributed by atoms with Crippen molar-refractivity contribution in [3.8, 4) is 0 Å². The predicted octanol–water partition coefficient (Wildman–Crippen LogP) is -3.39. The SMILES string of the molecule is O=S(=O)([O-])[O-].OB(O)O.[Zn+2]. The molecule has 0 saturated carbocycles. The van der Waals surface area contributed by atoms with Gasteiger partial charge in [0.25, 0.3) is 0 Å². The van der Waals surface area contributed by atoms with Gasteiger partial charge in [-0.1, -0.05) is 0 Å². The molecule has 0 radical (unpaired) electrons. The molecule has 0 bridgehead atoms. The Hall–Kier alpha value is 0.438. The van der Waals surface area contributed by atoms with Gasteiger partial charge in [0.15, 0.2) is 0 Å². The van der Waals surface area contributed by atoms with Crippen LogP contribution < -0.4 is 0 Å². The van der Waals surface area contributed by atoms with Crippen molar-refractivity contribution >= 4 is 17.7 Å². The molecule has 10 heavy (non-hydrogen) atoms. The van der Waals surface area contributed by atoms with Crippen LogP contribution in [0.25, 0.3) is 0 Å². The second-order valence-electron chi connectivity index (χ2n) is 0.755. The van der Waals surface area contributed by atoms with Crippen LogP contribution in [0.15, 0.2) is 0 Å². The van der Waals surface area contributed by atoms with Crippen molar-refractivity contribution in [2.75, 3.05) is 0 Å². The molecule has 0 unspecified atom stereocenters. The Morgan fingerprint density at radius 3 is 1.10 bits per heavy atom. The van der Waals surface area contributed by atoms with Gasteiger partial charge in [-0.15, -0.1) is 0 Å². The number of rotatable bonds is 0. The smallest absolute Gasteiger partial charge is 0.759 e. The van der Waals surface area contributed by atoms with Gasteiger partial charge in [0.2, 0.25) is 0 Å². The zero-order valence-corrected chi connectivity index (χ0v) is 8.45. The Bertz CT molecular complexity index is 125. The van der Waals surface area contributed by atoms with Crippen molar-refractivity contribution in [2.24, 2.45) is 0 Å². The van der Waals surface area contributed by atoms with Crippen molar-refractivity contribution in [1.29, 1.82) is 0 Å². The molecule has 7 nitrogen and oxygen atoms in total. The largest absolute Gasteiger partial charge is 2.00 e. The zero-order chi connectivity index (χ0) is 8.08. The van der Waals surface area contributed by atoms with Crippen molar-refractivity contribution < 1.29 is 52.1 Å². The van der Waals surface area contributed by atoms with Crippen LogP contribution in [-0.2, 0) is 29.9 Å². The first kappa shape index (κ1) is 16.8. The molecule has 0 aromatic carbocycles. The van der Waals surface area contributed by atoms with Crippen LogP contribution in [0.1, 0.15) is 0 Å². The summed E-state index contributed by atoms with van der Waals surface area (Å²) in [5, 5.41) is 21.5. The van der Waals surface area contributed by atoms with Crippen molar-refractivity contribution in [2.45, 2.75) is 0 Å². The zero-order valence-electron chi connectivity index (χ0n) is 4.67. The van der Waals surface area contributed by atoms with Crippen molar-refractivity contribution in [1.82, 2.24) is 0 Å². The third-order valence-corrected chi connectivity index (χ3v) is 0. The van der Waals surface area contributed by atoms with Gasteiger partial charge in [0.1, 0.15) is 0 Å². The molecule has 3 N–H and O–H groups in total. The summed E-state index contributed by atoms with van der Waals surface area (Å²) in [7, 11) is -7.33. The van der Waals surface area contributed by atoms with Crippen LogP contribution in [0.4, 0.5) is 0 Å². The van der Waals surface area contributed by atoms with E-state index >= 15 is 0 Å². The molecule has 56 valence electrons. The first-order valence-electron chi connectivity index (χ1n) is 1.44. The number of hydrogen-bond acceptors (Lipinski definition) is 7. The molecule has 0 rings (SSSR count). The van der Waals surface area contributed by atoms with Gasteiger partial charge in [-0.2, -0.15) is 0 Å². The van der Waals surface area contributed by atoms with E-state index < -0.39 is 17.7 Å². The minimum atomic E-state index is -5.17. The van der Waals surface area contributed by atoms with E-state index in [4.69, 9.17) is 32.6 Å². The summed E-state index contributed by atoms with van der Waals surface area (Å²) >= 11 is 0. The molecule has 0 aromatic heterocycles. The molecule has 0 fully saturated rings. The maximum Gasteiger partial charge on any atom is 2.00 e. The fourth-order valence-electron chi connectivity index (χ4n) is 0. The van der Waals surface area contributed by atoms with Crippen LogP contribution >= 0.6 is 0 Å². The summed E-state index contributed by atoms with van der Waals surface area (Å²) in [5.74, 6) is 0. The normalized spacial score (nSPS) is 8.50. The van der Waals surface area contributed by atoms with Gasteiger partial charge in [-0.3, -0.25) is 8.42 Å². The van der Waals surface area contributed by atoms with Gasteiger partial charge in [-0.05, 0) is 0 Å². The maximum absolute atomic E-state index is 8.52. The summed E-state index contributed by atoms with van der Waals surface area (Å²) in [5.41, 5.74) is 0. The van der Waals surface area contributed by atoms with Crippen LogP contribution in [0, 0.1) is 0 Å².